The number of aryl methyl sites for hydroxylation is 1. The molecular weight excluding hydrogens is 380 g/mol. The number of hydrogen-bond donors (Lipinski definition) is 0. The minimum atomic E-state index is -0.365. The number of fused-ring (bicyclic) bond motifs is 1. The molecule has 0 N–H and O–H groups in total. The van der Waals surface area contributed by atoms with E-state index in [0.29, 0.717) is 13.2 Å². The molecule has 3 aromatic rings. The molecule has 0 aliphatic rings. The van der Waals surface area contributed by atoms with Gasteiger partial charge in [-0.15, -0.1) is 11.3 Å². The van der Waals surface area contributed by atoms with Crippen LogP contribution in [0, 0.1) is 6.92 Å². The predicted octanol–water partition coefficient (Wildman–Crippen LogP) is 4.73. The highest BCUT2D eigenvalue weighted by Crippen LogP contribution is 2.39. The Balaban J connectivity index is 1.81. The molecule has 0 bridgehead atoms. The summed E-state index contributed by atoms with van der Waals surface area (Å²) in [6.07, 6.45) is 1.55. The first-order valence-electron chi connectivity index (χ1n) is 8.80. The van der Waals surface area contributed by atoms with Crippen LogP contribution < -0.4 is 0 Å². The van der Waals surface area contributed by atoms with Crippen LogP contribution in [0.2, 0.25) is 0 Å². The first-order valence-corrected chi connectivity index (χ1v) is 10.6. The molecular formula is C20H22N2O3S2. The summed E-state index contributed by atoms with van der Waals surface area (Å²) < 4.78 is 10.5. The van der Waals surface area contributed by atoms with Crippen molar-refractivity contribution in [3.8, 4) is 11.1 Å². The summed E-state index contributed by atoms with van der Waals surface area (Å²) in [5.74, 6) is -0.265. The van der Waals surface area contributed by atoms with Crippen molar-refractivity contribution in [3.05, 3.63) is 41.5 Å². The number of aromatic nitrogens is 2. The van der Waals surface area contributed by atoms with Crippen LogP contribution in [-0.4, -0.2) is 41.0 Å². The van der Waals surface area contributed by atoms with E-state index in [1.807, 2.05) is 13.8 Å². The van der Waals surface area contributed by atoms with E-state index in [1.54, 1.807) is 17.7 Å². The lowest BCUT2D eigenvalue weighted by molar-refractivity contribution is -0.144. The third-order valence-corrected chi connectivity index (χ3v) is 5.96. The van der Waals surface area contributed by atoms with E-state index in [-0.39, 0.29) is 17.8 Å². The van der Waals surface area contributed by atoms with E-state index in [2.05, 4.69) is 46.5 Å². The largest absolute Gasteiger partial charge is 0.462 e. The molecule has 0 saturated heterocycles. The number of carbonyl (C=O) groups is 1. The van der Waals surface area contributed by atoms with Gasteiger partial charge in [0.15, 0.2) is 0 Å². The van der Waals surface area contributed by atoms with Gasteiger partial charge < -0.3 is 9.47 Å². The topological polar surface area (TPSA) is 61.3 Å². The Morgan fingerprint density at radius 1 is 1.22 bits per heavy atom. The fourth-order valence-electron chi connectivity index (χ4n) is 2.56. The molecule has 2 aromatic heterocycles. The molecule has 1 atom stereocenters. The number of nitrogens with zero attached hydrogens (tertiary/aromatic N) is 2. The van der Waals surface area contributed by atoms with Crippen molar-refractivity contribution in [2.45, 2.75) is 31.0 Å². The zero-order valence-electron chi connectivity index (χ0n) is 15.6. The standard InChI is InChI=1S/C20H22N2O3S2/c1-4-24-9-10-25-20(23)14(3)27-19-17-16(11-26-18(17)21-12-22-19)15-7-5-13(2)6-8-15/h5-8,11-12,14H,4,9-10H2,1-3H3. The van der Waals surface area contributed by atoms with Crippen LogP contribution >= 0.6 is 23.1 Å². The summed E-state index contributed by atoms with van der Waals surface area (Å²) in [5, 5.41) is 3.52. The van der Waals surface area contributed by atoms with Gasteiger partial charge in [0.05, 0.1) is 12.0 Å². The summed E-state index contributed by atoms with van der Waals surface area (Å²) in [6, 6.07) is 8.38. The molecule has 0 spiro atoms. The summed E-state index contributed by atoms with van der Waals surface area (Å²) >= 11 is 2.99. The molecule has 7 heteroatoms. The molecule has 0 saturated carbocycles. The Bertz CT molecular complexity index is 909. The maximum atomic E-state index is 12.2. The molecule has 1 unspecified atom stereocenters. The fraction of sp³-hybridized carbons (Fsp3) is 0.350. The highest BCUT2D eigenvalue weighted by atomic mass is 32.2. The highest BCUT2D eigenvalue weighted by molar-refractivity contribution is 8.00. The smallest absolute Gasteiger partial charge is 0.319 e. The van der Waals surface area contributed by atoms with E-state index in [9.17, 15) is 4.79 Å². The lowest BCUT2D eigenvalue weighted by Crippen LogP contribution is -2.19. The van der Waals surface area contributed by atoms with Crippen LogP contribution in [0.25, 0.3) is 21.3 Å². The Morgan fingerprint density at radius 2 is 2.00 bits per heavy atom. The first kappa shape index (κ1) is 19.8. The van der Waals surface area contributed by atoms with E-state index in [0.717, 1.165) is 26.4 Å². The number of esters is 1. The van der Waals surface area contributed by atoms with Gasteiger partial charge in [0.25, 0.3) is 0 Å². The average Bonchev–Trinajstić information content (AvgIpc) is 3.11. The van der Waals surface area contributed by atoms with Gasteiger partial charge in [0.2, 0.25) is 0 Å². The predicted molar refractivity (Wildman–Crippen MR) is 110 cm³/mol. The number of rotatable bonds is 8. The van der Waals surface area contributed by atoms with Crippen LogP contribution in [0.4, 0.5) is 0 Å². The van der Waals surface area contributed by atoms with Crippen molar-refractivity contribution >= 4 is 39.3 Å². The summed E-state index contributed by atoms with van der Waals surface area (Å²) in [7, 11) is 0. The van der Waals surface area contributed by atoms with Gasteiger partial charge in [-0.1, -0.05) is 41.6 Å². The number of carbonyl (C=O) groups excluding carboxylic acids is 1. The molecule has 0 amide bonds. The molecule has 27 heavy (non-hydrogen) atoms. The van der Waals surface area contributed by atoms with Gasteiger partial charge in [-0.25, -0.2) is 9.97 Å². The van der Waals surface area contributed by atoms with E-state index in [4.69, 9.17) is 9.47 Å². The molecule has 5 nitrogen and oxygen atoms in total. The van der Waals surface area contributed by atoms with Crippen molar-refractivity contribution in [2.24, 2.45) is 0 Å². The molecule has 2 heterocycles. The van der Waals surface area contributed by atoms with Crippen LogP contribution in [0.5, 0.6) is 0 Å². The highest BCUT2D eigenvalue weighted by Gasteiger charge is 2.20. The lowest BCUT2D eigenvalue weighted by Gasteiger charge is -2.12. The van der Waals surface area contributed by atoms with Crippen LogP contribution in [0.3, 0.4) is 0 Å². The molecule has 0 aliphatic carbocycles. The minimum absolute atomic E-state index is 0.265. The van der Waals surface area contributed by atoms with E-state index >= 15 is 0 Å². The maximum absolute atomic E-state index is 12.2. The first-order chi connectivity index (χ1) is 13.1. The lowest BCUT2D eigenvalue weighted by atomic mass is 10.1. The van der Waals surface area contributed by atoms with Crippen LogP contribution in [0.15, 0.2) is 41.0 Å². The fourth-order valence-corrected chi connectivity index (χ4v) is 4.47. The normalized spacial score (nSPS) is 12.3. The molecule has 142 valence electrons. The second-order valence-corrected chi connectivity index (χ2v) is 8.19. The second kappa shape index (κ2) is 9.30. The van der Waals surface area contributed by atoms with E-state index < -0.39 is 0 Å². The Hall–Kier alpha value is -1.96. The Morgan fingerprint density at radius 3 is 2.74 bits per heavy atom. The summed E-state index contributed by atoms with van der Waals surface area (Å²) in [5.41, 5.74) is 3.43. The zero-order chi connectivity index (χ0) is 19.2. The van der Waals surface area contributed by atoms with E-state index in [1.165, 1.54) is 17.3 Å². The summed E-state index contributed by atoms with van der Waals surface area (Å²) in [6.45, 7) is 7.11. The van der Waals surface area contributed by atoms with Gasteiger partial charge in [-0.3, -0.25) is 4.79 Å². The van der Waals surface area contributed by atoms with Crippen molar-refractivity contribution in [1.29, 1.82) is 0 Å². The van der Waals surface area contributed by atoms with Crippen molar-refractivity contribution in [1.82, 2.24) is 9.97 Å². The molecule has 0 fully saturated rings. The van der Waals surface area contributed by atoms with Crippen molar-refractivity contribution in [3.63, 3.8) is 0 Å². The number of thiophene rings is 1. The van der Waals surface area contributed by atoms with Crippen LogP contribution in [-0.2, 0) is 14.3 Å². The molecule has 3 rings (SSSR count). The minimum Gasteiger partial charge on any atom is -0.462 e. The third-order valence-electron chi connectivity index (χ3n) is 3.99. The SMILES string of the molecule is CCOCCOC(=O)C(C)Sc1ncnc2scc(-c3ccc(C)cc3)c12. The average molecular weight is 403 g/mol. The Labute approximate surface area is 167 Å². The number of ether oxygens (including phenoxy) is 2. The third kappa shape index (κ3) is 4.86. The van der Waals surface area contributed by atoms with Gasteiger partial charge in [0, 0.05) is 17.6 Å². The zero-order valence-corrected chi connectivity index (χ0v) is 17.2. The number of thioether (sulfide) groups is 1. The summed E-state index contributed by atoms with van der Waals surface area (Å²) in [4.78, 5) is 22.0. The second-order valence-electron chi connectivity index (χ2n) is 6.00. The number of hydrogen-bond acceptors (Lipinski definition) is 7. The van der Waals surface area contributed by atoms with Gasteiger partial charge >= 0.3 is 5.97 Å². The van der Waals surface area contributed by atoms with Gasteiger partial charge in [-0.05, 0) is 26.3 Å². The van der Waals surface area contributed by atoms with Crippen molar-refractivity contribution in [2.75, 3.05) is 19.8 Å². The van der Waals surface area contributed by atoms with Gasteiger partial charge in [-0.2, -0.15) is 0 Å². The Kier molecular flexibility index (Phi) is 6.82. The monoisotopic (exact) mass is 402 g/mol. The quantitative estimate of drug-likeness (QED) is 0.235. The molecule has 0 radical (unpaired) electrons. The number of benzene rings is 1. The molecule has 1 aromatic carbocycles. The van der Waals surface area contributed by atoms with Crippen molar-refractivity contribution < 1.29 is 14.3 Å². The molecule has 0 aliphatic heterocycles. The maximum Gasteiger partial charge on any atom is 0.319 e. The van der Waals surface area contributed by atoms with Crippen LogP contribution in [0.1, 0.15) is 19.4 Å². The van der Waals surface area contributed by atoms with Gasteiger partial charge in [0.1, 0.15) is 28.0 Å².